The van der Waals surface area contributed by atoms with Gasteiger partial charge in [-0.15, -0.1) is 0 Å². The number of aliphatic carboxylic acids is 1. The molecule has 0 bridgehead atoms. The first-order chi connectivity index (χ1) is 14.6. The largest absolute Gasteiger partial charge is 0.481 e. The Morgan fingerprint density at radius 1 is 1.27 bits per heavy atom. The molecule has 0 spiro atoms. The van der Waals surface area contributed by atoms with Crippen LogP contribution < -0.4 is 15.4 Å². The van der Waals surface area contributed by atoms with Gasteiger partial charge in [-0.3, -0.25) is 9.48 Å². The van der Waals surface area contributed by atoms with Gasteiger partial charge in [-0.1, -0.05) is 24.3 Å². The van der Waals surface area contributed by atoms with Crippen LogP contribution in [-0.2, 0) is 24.7 Å². The van der Waals surface area contributed by atoms with Gasteiger partial charge in [0.25, 0.3) is 0 Å². The lowest BCUT2D eigenvalue weighted by atomic mass is 10.1. The van der Waals surface area contributed by atoms with Crippen molar-refractivity contribution in [3.63, 3.8) is 0 Å². The molecule has 0 amide bonds. The van der Waals surface area contributed by atoms with E-state index in [9.17, 15) is 4.79 Å². The average molecular weight is 407 g/mol. The topological polar surface area (TPSA) is 101 Å². The number of carboxylic acid groups (broad SMARTS) is 1. The van der Waals surface area contributed by atoms with E-state index in [0.717, 1.165) is 41.9 Å². The first-order valence-electron chi connectivity index (χ1n) is 9.97. The molecule has 0 saturated heterocycles. The molecule has 0 fully saturated rings. The zero-order valence-corrected chi connectivity index (χ0v) is 16.8. The van der Waals surface area contributed by atoms with Crippen molar-refractivity contribution in [2.75, 3.05) is 25.0 Å². The number of ether oxygens (including phenoxy) is 1. The van der Waals surface area contributed by atoms with Crippen molar-refractivity contribution >= 4 is 11.7 Å². The Morgan fingerprint density at radius 3 is 2.80 bits per heavy atom. The van der Waals surface area contributed by atoms with Crippen LogP contribution in [0.25, 0.3) is 11.1 Å². The summed E-state index contributed by atoms with van der Waals surface area (Å²) in [5.74, 6) is -0.190. The molecule has 1 aliphatic heterocycles. The van der Waals surface area contributed by atoms with Crippen LogP contribution in [0.5, 0.6) is 5.88 Å². The number of aryl methyl sites for hydroxylation is 1. The maximum absolute atomic E-state index is 10.7. The van der Waals surface area contributed by atoms with Crippen molar-refractivity contribution in [2.45, 2.75) is 18.9 Å². The Balaban J connectivity index is 1.24. The first kappa shape index (κ1) is 19.9. The minimum absolute atomic E-state index is 0.00665. The molecule has 1 aliphatic rings. The summed E-state index contributed by atoms with van der Waals surface area (Å²) in [6, 6.07) is 9.76. The standard InChI is InChI=1S/C22H25N5O3/c1-27-14-18(11-26-27)17-9-20-22(25-10-17)30-19(13-24-20)12-23-7-6-15-2-4-16(5-3-15)8-21(28)29/h2-5,9-11,14,19,23-24H,6-8,12-13H2,1H3,(H,28,29). The molecule has 3 heterocycles. The summed E-state index contributed by atoms with van der Waals surface area (Å²) >= 11 is 0. The highest BCUT2D eigenvalue weighted by Crippen LogP contribution is 2.30. The first-order valence-corrected chi connectivity index (χ1v) is 9.97. The number of nitrogens with zero attached hydrogens (tertiary/aromatic N) is 3. The van der Waals surface area contributed by atoms with Crippen molar-refractivity contribution in [3.05, 3.63) is 60.0 Å². The number of rotatable bonds is 8. The van der Waals surface area contributed by atoms with Crippen molar-refractivity contribution in [3.8, 4) is 17.0 Å². The number of benzene rings is 1. The SMILES string of the molecule is Cn1cc(-c2cnc3c(c2)NCC(CNCCc2ccc(CC(=O)O)cc2)O3)cn1. The summed E-state index contributed by atoms with van der Waals surface area (Å²) in [4.78, 5) is 15.2. The molecule has 0 saturated carbocycles. The van der Waals surface area contributed by atoms with Gasteiger partial charge in [-0.2, -0.15) is 5.10 Å². The van der Waals surface area contributed by atoms with Crippen LogP contribution in [-0.4, -0.2) is 51.6 Å². The Kier molecular flexibility index (Phi) is 5.94. The Morgan fingerprint density at radius 2 is 2.07 bits per heavy atom. The van der Waals surface area contributed by atoms with E-state index >= 15 is 0 Å². The minimum Gasteiger partial charge on any atom is -0.481 e. The van der Waals surface area contributed by atoms with Gasteiger partial charge in [0.2, 0.25) is 5.88 Å². The summed E-state index contributed by atoms with van der Waals surface area (Å²) in [7, 11) is 1.89. The van der Waals surface area contributed by atoms with E-state index in [1.165, 1.54) is 5.56 Å². The van der Waals surface area contributed by atoms with E-state index in [1.54, 1.807) is 10.9 Å². The highest BCUT2D eigenvalue weighted by atomic mass is 16.5. The molecule has 8 nitrogen and oxygen atoms in total. The van der Waals surface area contributed by atoms with Crippen LogP contribution in [0, 0.1) is 0 Å². The summed E-state index contributed by atoms with van der Waals surface area (Å²) in [6.07, 6.45) is 6.52. The third-order valence-corrected chi connectivity index (χ3v) is 5.03. The molecule has 1 atom stereocenters. The monoisotopic (exact) mass is 407 g/mol. The van der Waals surface area contributed by atoms with Gasteiger partial charge < -0.3 is 20.5 Å². The van der Waals surface area contributed by atoms with Crippen LogP contribution in [0.15, 0.2) is 48.9 Å². The average Bonchev–Trinajstić information content (AvgIpc) is 3.18. The molecule has 1 unspecified atom stereocenters. The maximum Gasteiger partial charge on any atom is 0.307 e. The molecule has 156 valence electrons. The molecule has 8 heteroatoms. The normalized spacial score (nSPS) is 15.2. The molecule has 4 rings (SSSR count). The van der Waals surface area contributed by atoms with Crippen molar-refractivity contribution in [2.24, 2.45) is 7.05 Å². The number of aromatic nitrogens is 3. The summed E-state index contributed by atoms with van der Waals surface area (Å²) in [5, 5.41) is 19.9. The van der Waals surface area contributed by atoms with Crippen molar-refractivity contribution in [1.29, 1.82) is 0 Å². The Bertz CT molecular complexity index is 1020. The van der Waals surface area contributed by atoms with Gasteiger partial charge in [0.15, 0.2) is 0 Å². The third-order valence-electron chi connectivity index (χ3n) is 5.03. The number of fused-ring (bicyclic) bond motifs is 1. The molecular weight excluding hydrogens is 382 g/mol. The summed E-state index contributed by atoms with van der Waals surface area (Å²) in [5.41, 5.74) is 4.92. The smallest absolute Gasteiger partial charge is 0.307 e. The Hall–Kier alpha value is -3.39. The lowest BCUT2D eigenvalue weighted by Crippen LogP contribution is -2.40. The van der Waals surface area contributed by atoms with E-state index in [0.29, 0.717) is 12.4 Å². The highest BCUT2D eigenvalue weighted by molar-refractivity contribution is 5.70. The van der Waals surface area contributed by atoms with Gasteiger partial charge in [-0.25, -0.2) is 4.98 Å². The zero-order chi connectivity index (χ0) is 20.9. The molecular formula is C22H25N5O3. The number of hydrogen-bond donors (Lipinski definition) is 3. The zero-order valence-electron chi connectivity index (χ0n) is 16.8. The molecule has 30 heavy (non-hydrogen) atoms. The molecule has 2 aromatic heterocycles. The predicted octanol–water partition coefficient (Wildman–Crippen LogP) is 2.11. The lowest BCUT2D eigenvalue weighted by Gasteiger charge is -2.27. The maximum atomic E-state index is 10.7. The number of pyridine rings is 1. The van der Waals surface area contributed by atoms with Gasteiger partial charge in [0, 0.05) is 37.1 Å². The fraction of sp³-hybridized carbons (Fsp3) is 0.318. The third kappa shape index (κ3) is 4.96. The van der Waals surface area contributed by atoms with Crippen LogP contribution in [0.1, 0.15) is 11.1 Å². The van der Waals surface area contributed by atoms with Gasteiger partial charge in [0.1, 0.15) is 6.10 Å². The number of nitrogens with one attached hydrogen (secondary N) is 2. The van der Waals surface area contributed by atoms with E-state index in [-0.39, 0.29) is 12.5 Å². The van der Waals surface area contributed by atoms with Crippen LogP contribution in [0.2, 0.25) is 0 Å². The van der Waals surface area contributed by atoms with Gasteiger partial charge in [-0.05, 0) is 30.2 Å². The molecule has 0 radical (unpaired) electrons. The molecule has 1 aromatic carbocycles. The van der Waals surface area contributed by atoms with Crippen molar-refractivity contribution < 1.29 is 14.6 Å². The van der Waals surface area contributed by atoms with Crippen LogP contribution >= 0.6 is 0 Å². The van der Waals surface area contributed by atoms with E-state index in [4.69, 9.17) is 9.84 Å². The fourth-order valence-electron chi connectivity index (χ4n) is 3.43. The van der Waals surface area contributed by atoms with E-state index < -0.39 is 5.97 Å². The van der Waals surface area contributed by atoms with Gasteiger partial charge in [0.05, 0.1) is 24.8 Å². The molecule has 3 aromatic rings. The second kappa shape index (κ2) is 8.96. The summed E-state index contributed by atoms with van der Waals surface area (Å²) < 4.78 is 7.79. The summed E-state index contributed by atoms with van der Waals surface area (Å²) in [6.45, 7) is 2.25. The molecule has 3 N–H and O–H groups in total. The lowest BCUT2D eigenvalue weighted by molar-refractivity contribution is -0.136. The number of anilines is 1. The van der Waals surface area contributed by atoms with E-state index in [1.807, 2.05) is 49.8 Å². The van der Waals surface area contributed by atoms with Crippen LogP contribution in [0.3, 0.4) is 0 Å². The minimum atomic E-state index is -0.810. The number of carbonyl (C=O) groups is 1. The second-order valence-corrected chi connectivity index (χ2v) is 7.44. The van der Waals surface area contributed by atoms with Gasteiger partial charge >= 0.3 is 5.97 Å². The number of hydrogen-bond acceptors (Lipinski definition) is 6. The fourth-order valence-corrected chi connectivity index (χ4v) is 3.43. The highest BCUT2D eigenvalue weighted by Gasteiger charge is 2.20. The van der Waals surface area contributed by atoms with E-state index in [2.05, 4.69) is 20.7 Å². The quantitative estimate of drug-likeness (QED) is 0.492. The predicted molar refractivity (Wildman–Crippen MR) is 114 cm³/mol. The second-order valence-electron chi connectivity index (χ2n) is 7.44. The Labute approximate surface area is 174 Å². The number of carboxylic acids is 1. The van der Waals surface area contributed by atoms with Crippen LogP contribution in [0.4, 0.5) is 5.69 Å². The van der Waals surface area contributed by atoms with Crippen molar-refractivity contribution in [1.82, 2.24) is 20.1 Å². The molecule has 0 aliphatic carbocycles.